The van der Waals surface area contributed by atoms with Gasteiger partial charge in [0.15, 0.2) is 24.1 Å². The molecule has 4 rings (SSSR count). The van der Waals surface area contributed by atoms with Gasteiger partial charge in [0.25, 0.3) is 0 Å². The van der Waals surface area contributed by atoms with Crippen LogP contribution < -0.4 is 5.73 Å². The number of rotatable bonds is 2. The molecule has 4 fully saturated rings. The Balaban J connectivity index is 1.55. The molecule has 4 atom stereocenters. The highest BCUT2D eigenvalue weighted by Gasteiger charge is 2.65. The van der Waals surface area contributed by atoms with Crippen LogP contribution in [-0.4, -0.2) is 73.2 Å². The van der Waals surface area contributed by atoms with Gasteiger partial charge in [-0.25, -0.2) is 4.79 Å². The molecule has 4 aliphatic rings. The fourth-order valence-electron chi connectivity index (χ4n) is 3.93. The first-order valence-corrected chi connectivity index (χ1v) is 8.24. The average molecular weight is 328 g/mol. The zero-order chi connectivity index (χ0) is 16.2. The van der Waals surface area contributed by atoms with Gasteiger partial charge >= 0.3 is 6.16 Å². The molecule has 8 nitrogen and oxygen atoms in total. The van der Waals surface area contributed by atoms with Crippen molar-refractivity contribution in [3.05, 3.63) is 0 Å². The summed E-state index contributed by atoms with van der Waals surface area (Å²) >= 11 is 0. The number of likely N-dealkylation sites (tertiary alicyclic amines) is 1. The van der Waals surface area contributed by atoms with Crippen molar-refractivity contribution in [2.24, 2.45) is 5.73 Å². The van der Waals surface area contributed by atoms with Crippen LogP contribution in [0.4, 0.5) is 4.79 Å². The Morgan fingerprint density at radius 2 is 2.00 bits per heavy atom. The first-order chi connectivity index (χ1) is 10.9. The number of carbonyl (C=O) groups excluding carboxylic acids is 1. The third-order valence-corrected chi connectivity index (χ3v) is 4.98. The molecule has 4 heterocycles. The van der Waals surface area contributed by atoms with Crippen molar-refractivity contribution < 1.29 is 28.5 Å². The first-order valence-electron chi connectivity index (χ1n) is 8.24. The van der Waals surface area contributed by atoms with Gasteiger partial charge in [-0.05, 0) is 39.8 Å². The normalized spacial score (nSPS) is 43.6. The van der Waals surface area contributed by atoms with E-state index in [0.29, 0.717) is 6.54 Å². The third-order valence-electron chi connectivity index (χ3n) is 4.98. The molecular formula is C15H24N2O6. The molecule has 0 saturated carbocycles. The molecule has 4 saturated heterocycles. The fourth-order valence-corrected chi connectivity index (χ4v) is 3.93. The molecule has 2 N–H and O–H groups in total. The first kappa shape index (κ1) is 15.6. The van der Waals surface area contributed by atoms with Crippen LogP contribution in [0, 0.1) is 0 Å². The van der Waals surface area contributed by atoms with E-state index < -0.39 is 36.0 Å². The van der Waals surface area contributed by atoms with E-state index in [1.165, 1.54) is 0 Å². The van der Waals surface area contributed by atoms with E-state index >= 15 is 0 Å². The highest BCUT2D eigenvalue weighted by molar-refractivity contribution is 5.62. The van der Waals surface area contributed by atoms with Gasteiger partial charge in [0, 0.05) is 6.04 Å². The predicted molar refractivity (Wildman–Crippen MR) is 77.5 cm³/mol. The Labute approximate surface area is 135 Å². The van der Waals surface area contributed by atoms with Crippen LogP contribution in [0.3, 0.4) is 0 Å². The number of fused-ring (bicyclic) bond motifs is 3. The third kappa shape index (κ3) is 2.72. The van der Waals surface area contributed by atoms with Crippen LogP contribution in [0.2, 0.25) is 0 Å². The number of piperidine rings is 1. The second kappa shape index (κ2) is 5.29. The number of nitrogens with two attached hydrogens (primary N) is 1. The molecule has 8 heteroatoms. The summed E-state index contributed by atoms with van der Waals surface area (Å²) in [7, 11) is 0. The number of carbonyl (C=O) groups is 1. The smallest absolute Gasteiger partial charge is 0.424 e. The van der Waals surface area contributed by atoms with Gasteiger partial charge in [-0.15, -0.1) is 0 Å². The summed E-state index contributed by atoms with van der Waals surface area (Å²) in [5.41, 5.74) is 5.98. The van der Waals surface area contributed by atoms with E-state index in [0.717, 1.165) is 25.9 Å². The second-order valence-corrected chi connectivity index (χ2v) is 7.27. The molecule has 23 heavy (non-hydrogen) atoms. The van der Waals surface area contributed by atoms with Gasteiger partial charge in [-0.3, -0.25) is 4.90 Å². The molecule has 0 bridgehead atoms. The summed E-state index contributed by atoms with van der Waals surface area (Å²) in [4.78, 5) is 13.7. The SMILES string of the molecule is CC1(C)O[C@H]2[C@@H]3OC(=O)O[C@@H]3CO[C@@]2(CN2CCC(N)CC2)O1. The number of nitrogens with zero attached hydrogens (tertiary/aromatic N) is 1. The zero-order valence-corrected chi connectivity index (χ0v) is 13.5. The van der Waals surface area contributed by atoms with E-state index in [2.05, 4.69) is 4.90 Å². The van der Waals surface area contributed by atoms with Gasteiger partial charge in [-0.2, -0.15) is 0 Å². The molecule has 0 aromatic rings. The molecule has 0 amide bonds. The summed E-state index contributed by atoms with van der Waals surface area (Å²) in [6.07, 6.45) is -0.197. The number of hydrogen-bond acceptors (Lipinski definition) is 8. The Hall–Kier alpha value is -0.930. The zero-order valence-electron chi connectivity index (χ0n) is 13.5. The Morgan fingerprint density at radius 3 is 2.74 bits per heavy atom. The van der Waals surface area contributed by atoms with E-state index in [9.17, 15) is 4.79 Å². The summed E-state index contributed by atoms with van der Waals surface area (Å²) in [6, 6.07) is 0.262. The molecule has 130 valence electrons. The summed E-state index contributed by atoms with van der Waals surface area (Å²) in [5, 5.41) is 0. The minimum absolute atomic E-state index is 0.250. The topological polar surface area (TPSA) is 92.5 Å². The van der Waals surface area contributed by atoms with Crippen LogP contribution in [0.1, 0.15) is 26.7 Å². The summed E-state index contributed by atoms with van der Waals surface area (Å²) in [6.45, 7) is 6.29. The minimum Gasteiger partial charge on any atom is -0.424 e. The monoisotopic (exact) mass is 328 g/mol. The van der Waals surface area contributed by atoms with Crippen LogP contribution in [-0.2, 0) is 23.7 Å². The fraction of sp³-hybridized carbons (Fsp3) is 0.933. The number of ether oxygens (including phenoxy) is 5. The maximum absolute atomic E-state index is 11.5. The Bertz CT molecular complexity index is 492. The number of hydrogen-bond donors (Lipinski definition) is 1. The van der Waals surface area contributed by atoms with E-state index in [4.69, 9.17) is 29.4 Å². The quantitative estimate of drug-likeness (QED) is 0.718. The maximum atomic E-state index is 11.5. The second-order valence-electron chi connectivity index (χ2n) is 7.27. The molecule has 0 aromatic heterocycles. The molecule has 0 aromatic carbocycles. The molecular weight excluding hydrogens is 304 g/mol. The largest absolute Gasteiger partial charge is 0.509 e. The average Bonchev–Trinajstić information content (AvgIpc) is 2.97. The van der Waals surface area contributed by atoms with Crippen molar-refractivity contribution in [1.29, 1.82) is 0 Å². The van der Waals surface area contributed by atoms with Crippen LogP contribution in [0.25, 0.3) is 0 Å². The van der Waals surface area contributed by atoms with Crippen molar-refractivity contribution in [3.63, 3.8) is 0 Å². The van der Waals surface area contributed by atoms with Crippen LogP contribution >= 0.6 is 0 Å². The van der Waals surface area contributed by atoms with Gasteiger partial charge in [0.2, 0.25) is 5.79 Å². The van der Waals surface area contributed by atoms with Crippen molar-refractivity contribution in [1.82, 2.24) is 4.90 Å². The summed E-state index contributed by atoms with van der Waals surface area (Å²) in [5.74, 6) is -1.75. The van der Waals surface area contributed by atoms with Gasteiger partial charge < -0.3 is 29.4 Å². The van der Waals surface area contributed by atoms with Crippen molar-refractivity contribution in [2.75, 3.05) is 26.2 Å². The molecule has 0 aliphatic carbocycles. The molecule has 0 spiro atoms. The Morgan fingerprint density at radius 1 is 1.26 bits per heavy atom. The van der Waals surface area contributed by atoms with E-state index in [-0.39, 0.29) is 12.6 Å². The standard InChI is InChI=1S/C15H24N2O6/c1-14(2)22-12-11-10(20-13(18)21-11)7-19-15(12,23-14)8-17-5-3-9(16)4-6-17/h9-12H,3-8,16H2,1-2H3/t10-,11-,12+,15+/m1/s1. The lowest BCUT2D eigenvalue weighted by molar-refractivity contribution is -0.287. The lowest BCUT2D eigenvalue weighted by Crippen LogP contribution is -2.63. The predicted octanol–water partition coefficient (Wildman–Crippen LogP) is 0.192. The molecule has 0 unspecified atom stereocenters. The van der Waals surface area contributed by atoms with Gasteiger partial charge in [0.1, 0.15) is 0 Å². The minimum atomic E-state index is -0.944. The molecule has 4 aliphatic heterocycles. The lowest BCUT2D eigenvalue weighted by Gasteiger charge is -2.43. The van der Waals surface area contributed by atoms with Crippen molar-refractivity contribution in [3.8, 4) is 0 Å². The van der Waals surface area contributed by atoms with Crippen molar-refractivity contribution >= 4 is 6.16 Å². The Kier molecular flexibility index (Phi) is 3.58. The van der Waals surface area contributed by atoms with E-state index in [1.807, 2.05) is 13.8 Å². The van der Waals surface area contributed by atoms with Gasteiger partial charge in [0.05, 0.1) is 13.2 Å². The highest BCUT2D eigenvalue weighted by atomic mass is 16.9. The molecule has 0 radical (unpaired) electrons. The van der Waals surface area contributed by atoms with Gasteiger partial charge in [-0.1, -0.05) is 0 Å². The van der Waals surface area contributed by atoms with Crippen LogP contribution in [0.15, 0.2) is 0 Å². The highest BCUT2D eigenvalue weighted by Crippen LogP contribution is 2.45. The summed E-state index contributed by atoms with van der Waals surface area (Å²) < 4.78 is 28.7. The van der Waals surface area contributed by atoms with Crippen LogP contribution in [0.5, 0.6) is 0 Å². The maximum Gasteiger partial charge on any atom is 0.509 e. The van der Waals surface area contributed by atoms with Crippen molar-refractivity contribution in [2.45, 2.75) is 62.6 Å². The van der Waals surface area contributed by atoms with E-state index in [1.54, 1.807) is 0 Å². The lowest BCUT2D eigenvalue weighted by atomic mass is 9.95.